The molecule has 0 amide bonds. The summed E-state index contributed by atoms with van der Waals surface area (Å²) in [5, 5.41) is 4.41. The maximum atomic E-state index is 14.1. The van der Waals surface area contributed by atoms with E-state index in [-0.39, 0.29) is 17.4 Å². The molecule has 3 rings (SSSR count). The van der Waals surface area contributed by atoms with E-state index in [0.717, 1.165) is 17.1 Å². The van der Waals surface area contributed by atoms with Gasteiger partial charge in [-0.3, -0.25) is 9.98 Å². The average molecular weight is 414 g/mol. The van der Waals surface area contributed by atoms with Crippen molar-refractivity contribution in [2.45, 2.75) is 19.3 Å². The standard InChI is InChI=1S/C21H21ClFN5O/c1-13(11-19(24-3)28(4)14(2)15-7-9-25-10-8-15)20-26-21(29-27-20)17-12-16(22)5-6-18(17)23/h5-10,12-13H,2,11H2,1,3-4H3. The third-order valence-corrected chi connectivity index (χ3v) is 4.83. The Morgan fingerprint density at radius 3 is 2.72 bits per heavy atom. The fourth-order valence-electron chi connectivity index (χ4n) is 2.84. The van der Waals surface area contributed by atoms with Gasteiger partial charge in [0.1, 0.15) is 11.7 Å². The summed E-state index contributed by atoms with van der Waals surface area (Å²) in [5.41, 5.74) is 1.93. The highest BCUT2D eigenvalue weighted by atomic mass is 35.5. The molecule has 0 radical (unpaired) electrons. The molecule has 0 bridgehead atoms. The molecule has 1 aromatic carbocycles. The van der Waals surface area contributed by atoms with Crippen molar-refractivity contribution in [1.29, 1.82) is 0 Å². The molecule has 0 fully saturated rings. The normalized spacial score (nSPS) is 12.7. The zero-order valence-corrected chi connectivity index (χ0v) is 17.2. The first kappa shape index (κ1) is 20.7. The minimum Gasteiger partial charge on any atom is -0.334 e. The van der Waals surface area contributed by atoms with Crippen molar-refractivity contribution >= 4 is 23.1 Å². The van der Waals surface area contributed by atoms with E-state index in [1.165, 1.54) is 18.2 Å². The predicted octanol–water partition coefficient (Wildman–Crippen LogP) is 5.05. The molecule has 0 aliphatic carbocycles. The molecule has 0 aliphatic rings. The van der Waals surface area contributed by atoms with Gasteiger partial charge < -0.3 is 9.42 Å². The lowest BCUT2D eigenvalue weighted by molar-refractivity contribution is 0.415. The lowest BCUT2D eigenvalue weighted by Gasteiger charge is -2.24. The Labute approximate surface area is 173 Å². The summed E-state index contributed by atoms with van der Waals surface area (Å²) in [4.78, 5) is 14.7. The van der Waals surface area contributed by atoms with E-state index < -0.39 is 5.82 Å². The van der Waals surface area contributed by atoms with Crippen LogP contribution in [0.2, 0.25) is 5.02 Å². The largest absolute Gasteiger partial charge is 0.334 e. The van der Waals surface area contributed by atoms with Crippen molar-refractivity contribution in [2.75, 3.05) is 14.1 Å². The van der Waals surface area contributed by atoms with Gasteiger partial charge in [0.2, 0.25) is 0 Å². The van der Waals surface area contributed by atoms with Gasteiger partial charge in [0, 0.05) is 55.1 Å². The minimum atomic E-state index is -0.471. The number of pyridine rings is 1. The van der Waals surface area contributed by atoms with E-state index in [4.69, 9.17) is 16.1 Å². The highest BCUT2D eigenvalue weighted by molar-refractivity contribution is 6.30. The number of aliphatic imine (C=N–C) groups is 1. The van der Waals surface area contributed by atoms with Crippen molar-refractivity contribution in [3.8, 4) is 11.5 Å². The molecule has 1 atom stereocenters. The molecule has 6 nitrogen and oxygen atoms in total. The first-order valence-electron chi connectivity index (χ1n) is 8.98. The number of rotatable bonds is 6. The summed E-state index contributed by atoms with van der Waals surface area (Å²) in [6.45, 7) is 6.10. The highest BCUT2D eigenvalue weighted by Gasteiger charge is 2.21. The van der Waals surface area contributed by atoms with Crippen LogP contribution in [0.5, 0.6) is 0 Å². The minimum absolute atomic E-state index is 0.0939. The lowest BCUT2D eigenvalue weighted by Crippen LogP contribution is -2.26. The Hall–Kier alpha value is -3.06. The van der Waals surface area contributed by atoms with Crippen LogP contribution in [0.15, 0.2) is 58.8 Å². The number of amidine groups is 1. The summed E-state index contributed by atoms with van der Waals surface area (Å²) < 4.78 is 19.3. The van der Waals surface area contributed by atoms with Gasteiger partial charge in [0.25, 0.3) is 5.89 Å². The second kappa shape index (κ2) is 8.96. The highest BCUT2D eigenvalue weighted by Crippen LogP contribution is 2.27. The molecule has 29 heavy (non-hydrogen) atoms. The molecule has 8 heteroatoms. The van der Waals surface area contributed by atoms with Crippen LogP contribution < -0.4 is 0 Å². The van der Waals surface area contributed by atoms with Crippen LogP contribution in [-0.4, -0.2) is 40.0 Å². The molecular weight excluding hydrogens is 393 g/mol. The molecule has 3 aromatic rings. The third-order valence-electron chi connectivity index (χ3n) is 4.59. The van der Waals surface area contributed by atoms with E-state index in [2.05, 4.69) is 26.7 Å². The molecule has 0 saturated heterocycles. The fraction of sp³-hybridized carbons (Fsp3) is 0.238. The van der Waals surface area contributed by atoms with Crippen molar-refractivity contribution in [3.63, 3.8) is 0 Å². The summed E-state index contributed by atoms with van der Waals surface area (Å²) in [5.74, 6) is 0.780. The van der Waals surface area contributed by atoms with Crippen LogP contribution in [0, 0.1) is 5.82 Å². The number of nitrogens with zero attached hydrogens (tertiary/aromatic N) is 5. The zero-order valence-electron chi connectivity index (χ0n) is 16.4. The number of halogens is 2. The maximum absolute atomic E-state index is 14.1. The third kappa shape index (κ3) is 4.68. The van der Waals surface area contributed by atoms with Gasteiger partial charge in [-0.05, 0) is 30.3 Å². The van der Waals surface area contributed by atoms with Crippen LogP contribution in [0.3, 0.4) is 0 Å². The van der Waals surface area contributed by atoms with Crippen LogP contribution in [0.1, 0.15) is 30.7 Å². The Morgan fingerprint density at radius 2 is 2.03 bits per heavy atom. The van der Waals surface area contributed by atoms with Gasteiger partial charge >= 0.3 is 0 Å². The Balaban J connectivity index is 1.75. The smallest absolute Gasteiger partial charge is 0.260 e. The van der Waals surface area contributed by atoms with E-state index >= 15 is 0 Å². The number of aromatic nitrogens is 3. The average Bonchev–Trinajstić information content (AvgIpc) is 3.23. The molecule has 2 aromatic heterocycles. The van der Waals surface area contributed by atoms with Crippen molar-refractivity contribution in [3.05, 3.63) is 71.5 Å². The quantitative estimate of drug-likeness (QED) is 0.418. The maximum Gasteiger partial charge on any atom is 0.260 e. The second-order valence-corrected chi connectivity index (χ2v) is 7.00. The van der Waals surface area contributed by atoms with Gasteiger partial charge in [0.15, 0.2) is 5.82 Å². The number of benzene rings is 1. The van der Waals surface area contributed by atoms with E-state index in [0.29, 0.717) is 17.3 Å². The first-order chi connectivity index (χ1) is 13.9. The van der Waals surface area contributed by atoms with Crippen molar-refractivity contribution in [1.82, 2.24) is 20.0 Å². The van der Waals surface area contributed by atoms with Crippen LogP contribution >= 0.6 is 11.6 Å². The molecule has 2 heterocycles. The zero-order chi connectivity index (χ0) is 21.0. The molecule has 0 spiro atoms. The number of hydrogen-bond acceptors (Lipinski definition) is 5. The number of hydrogen-bond donors (Lipinski definition) is 0. The molecule has 0 N–H and O–H groups in total. The summed E-state index contributed by atoms with van der Waals surface area (Å²) in [6, 6.07) is 7.98. The van der Waals surface area contributed by atoms with Gasteiger partial charge in [-0.2, -0.15) is 4.98 Å². The first-order valence-corrected chi connectivity index (χ1v) is 9.36. The van der Waals surface area contributed by atoms with Crippen LogP contribution in [-0.2, 0) is 0 Å². The van der Waals surface area contributed by atoms with Crippen LogP contribution in [0.4, 0.5) is 4.39 Å². The molecule has 1 unspecified atom stereocenters. The summed E-state index contributed by atoms with van der Waals surface area (Å²) in [6.07, 6.45) is 3.99. The van der Waals surface area contributed by atoms with Gasteiger partial charge in [-0.25, -0.2) is 4.39 Å². The SMILES string of the molecule is C=C(c1ccncc1)N(C)C(CC(C)c1noc(-c2cc(Cl)ccc2F)n1)=NC. The monoisotopic (exact) mass is 413 g/mol. The van der Waals surface area contributed by atoms with E-state index in [9.17, 15) is 4.39 Å². The van der Waals surface area contributed by atoms with E-state index in [1.54, 1.807) is 19.4 Å². The summed E-state index contributed by atoms with van der Waals surface area (Å²) >= 11 is 5.95. The second-order valence-electron chi connectivity index (χ2n) is 6.57. The predicted molar refractivity (Wildman–Crippen MR) is 112 cm³/mol. The van der Waals surface area contributed by atoms with Crippen LogP contribution in [0.25, 0.3) is 17.2 Å². The molecule has 0 saturated carbocycles. The topological polar surface area (TPSA) is 67.4 Å². The van der Waals surface area contributed by atoms with Crippen molar-refractivity contribution in [2.24, 2.45) is 4.99 Å². The molecule has 0 aliphatic heterocycles. The lowest BCUT2D eigenvalue weighted by atomic mass is 10.1. The van der Waals surface area contributed by atoms with E-state index in [1.807, 2.05) is 31.0 Å². The summed E-state index contributed by atoms with van der Waals surface area (Å²) in [7, 11) is 3.63. The Bertz CT molecular complexity index is 1030. The molecule has 150 valence electrons. The van der Waals surface area contributed by atoms with Gasteiger partial charge in [-0.1, -0.05) is 30.3 Å². The Kier molecular flexibility index (Phi) is 6.39. The van der Waals surface area contributed by atoms with Gasteiger partial charge in [0.05, 0.1) is 5.56 Å². The fourth-order valence-corrected chi connectivity index (χ4v) is 3.02. The molecular formula is C21H21ClFN5O. The Morgan fingerprint density at radius 1 is 1.31 bits per heavy atom. The van der Waals surface area contributed by atoms with Crippen molar-refractivity contribution < 1.29 is 8.91 Å². The van der Waals surface area contributed by atoms with Gasteiger partial charge in [-0.15, -0.1) is 0 Å².